The van der Waals surface area contributed by atoms with Crippen LogP contribution in [0.3, 0.4) is 0 Å². The van der Waals surface area contributed by atoms with Crippen LogP contribution in [0.25, 0.3) is 0 Å². The standard InChI is InChI=1S/C11H26N2O/c1-5-11(3)13(4)9-7-12-8-10-14-6-2/h11-12H,5-10H2,1-4H3. The molecule has 0 aliphatic rings. The lowest BCUT2D eigenvalue weighted by Gasteiger charge is -2.23. The van der Waals surface area contributed by atoms with E-state index in [0.29, 0.717) is 6.04 Å². The number of hydrogen-bond donors (Lipinski definition) is 1. The van der Waals surface area contributed by atoms with Crippen molar-refractivity contribution in [2.75, 3.05) is 39.9 Å². The first-order chi connectivity index (χ1) is 6.72. The van der Waals surface area contributed by atoms with Crippen LogP contribution in [0.5, 0.6) is 0 Å². The molecule has 0 aliphatic carbocycles. The summed E-state index contributed by atoms with van der Waals surface area (Å²) in [7, 11) is 2.18. The highest BCUT2D eigenvalue weighted by Crippen LogP contribution is 1.97. The normalized spacial score (nSPS) is 13.5. The highest BCUT2D eigenvalue weighted by molar-refractivity contribution is 4.61. The second-order valence-corrected chi connectivity index (χ2v) is 3.68. The number of nitrogens with one attached hydrogen (secondary N) is 1. The molecule has 0 aromatic heterocycles. The van der Waals surface area contributed by atoms with E-state index in [9.17, 15) is 0 Å². The summed E-state index contributed by atoms with van der Waals surface area (Å²) in [5.41, 5.74) is 0. The summed E-state index contributed by atoms with van der Waals surface area (Å²) in [6, 6.07) is 0.684. The van der Waals surface area contributed by atoms with Gasteiger partial charge in [0, 0.05) is 32.3 Å². The Morgan fingerprint density at radius 2 is 2.00 bits per heavy atom. The molecule has 0 radical (unpaired) electrons. The van der Waals surface area contributed by atoms with Gasteiger partial charge in [-0.1, -0.05) is 6.92 Å². The van der Waals surface area contributed by atoms with Gasteiger partial charge in [0.15, 0.2) is 0 Å². The molecular weight excluding hydrogens is 176 g/mol. The number of nitrogens with zero attached hydrogens (tertiary/aromatic N) is 1. The molecule has 1 unspecified atom stereocenters. The fourth-order valence-electron chi connectivity index (χ4n) is 1.20. The Balaban J connectivity index is 3.18. The molecular formula is C11H26N2O. The molecule has 3 heteroatoms. The lowest BCUT2D eigenvalue weighted by atomic mass is 10.2. The SMILES string of the molecule is CCOCCNCCN(C)C(C)CC. The molecule has 0 aromatic carbocycles. The van der Waals surface area contributed by atoms with Crippen LogP contribution in [0.15, 0.2) is 0 Å². The molecule has 0 saturated carbocycles. The van der Waals surface area contributed by atoms with Gasteiger partial charge in [-0.05, 0) is 27.3 Å². The van der Waals surface area contributed by atoms with Crippen molar-refractivity contribution in [3.8, 4) is 0 Å². The van der Waals surface area contributed by atoms with Gasteiger partial charge in [0.1, 0.15) is 0 Å². The Bertz CT molecular complexity index is 120. The zero-order valence-corrected chi connectivity index (χ0v) is 10.2. The van der Waals surface area contributed by atoms with Crippen molar-refractivity contribution in [1.82, 2.24) is 10.2 Å². The van der Waals surface area contributed by atoms with Gasteiger partial charge in [-0.3, -0.25) is 0 Å². The van der Waals surface area contributed by atoms with Crippen molar-refractivity contribution in [1.29, 1.82) is 0 Å². The smallest absolute Gasteiger partial charge is 0.0590 e. The molecule has 1 N–H and O–H groups in total. The molecule has 0 aliphatic heterocycles. The molecule has 0 bridgehead atoms. The predicted octanol–water partition coefficient (Wildman–Crippen LogP) is 1.34. The maximum Gasteiger partial charge on any atom is 0.0590 e. The quantitative estimate of drug-likeness (QED) is 0.571. The van der Waals surface area contributed by atoms with E-state index in [2.05, 4.69) is 31.1 Å². The van der Waals surface area contributed by atoms with Gasteiger partial charge in [0.05, 0.1) is 6.61 Å². The van der Waals surface area contributed by atoms with E-state index in [4.69, 9.17) is 4.74 Å². The number of rotatable bonds is 9. The molecule has 1 atom stereocenters. The number of ether oxygens (including phenoxy) is 1. The molecule has 0 spiro atoms. The molecule has 3 nitrogen and oxygen atoms in total. The van der Waals surface area contributed by atoms with Gasteiger partial charge in [-0.15, -0.1) is 0 Å². The number of hydrogen-bond acceptors (Lipinski definition) is 3. The van der Waals surface area contributed by atoms with Gasteiger partial charge in [-0.2, -0.15) is 0 Å². The molecule has 0 rings (SSSR count). The van der Waals surface area contributed by atoms with E-state index >= 15 is 0 Å². The predicted molar refractivity (Wildman–Crippen MR) is 61.7 cm³/mol. The number of likely N-dealkylation sites (N-methyl/N-ethyl adjacent to an activating group) is 1. The lowest BCUT2D eigenvalue weighted by Crippen LogP contribution is -2.35. The second kappa shape index (κ2) is 9.44. The molecule has 14 heavy (non-hydrogen) atoms. The van der Waals surface area contributed by atoms with Crippen molar-refractivity contribution < 1.29 is 4.74 Å². The van der Waals surface area contributed by atoms with Gasteiger partial charge in [0.2, 0.25) is 0 Å². The molecule has 0 amide bonds. The van der Waals surface area contributed by atoms with Crippen LogP contribution in [-0.4, -0.2) is 50.8 Å². The van der Waals surface area contributed by atoms with Crippen LogP contribution in [0.4, 0.5) is 0 Å². The van der Waals surface area contributed by atoms with Crippen molar-refractivity contribution in [2.45, 2.75) is 33.2 Å². The first-order valence-electron chi connectivity index (χ1n) is 5.71. The molecule has 0 fully saturated rings. The molecule has 0 saturated heterocycles. The Labute approximate surface area is 88.8 Å². The van der Waals surface area contributed by atoms with Gasteiger partial charge in [-0.25, -0.2) is 0 Å². The van der Waals surface area contributed by atoms with Crippen LogP contribution in [0.2, 0.25) is 0 Å². The average Bonchev–Trinajstić information content (AvgIpc) is 2.21. The van der Waals surface area contributed by atoms with Crippen molar-refractivity contribution in [3.05, 3.63) is 0 Å². The Hall–Kier alpha value is -0.120. The summed E-state index contributed by atoms with van der Waals surface area (Å²) in [4.78, 5) is 2.38. The van der Waals surface area contributed by atoms with Crippen LogP contribution < -0.4 is 5.32 Å². The summed E-state index contributed by atoms with van der Waals surface area (Å²) in [5, 5.41) is 3.36. The Kier molecular flexibility index (Phi) is 9.35. The minimum atomic E-state index is 0.684. The fraction of sp³-hybridized carbons (Fsp3) is 1.00. The van der Waals surface area contributed by atoms with Crippen LogP contribution in [0.1, 0.15) is 27.2 Å². The third-order valence-electron chi connectivity index (χ3n) is 2.61. The minimum absolute atomic E-state index is 0.684. The minimum Gasteiger partial charge on any atom is -0.380 e. The summed E-state index contributed by atoms with van der Waals surface area (Å²) in [6.45, 7) is 11.3. The monoisotopic (exact) mass is 202 g/mol. The summed E-state index contributed by atoms with van der Waals surface area (Å²) in [5.74, 6) is 0. The first kappa shape index (κ1) is 13.9. The molecule has 0 aromatic rings. The van der Waals surface area contributed by atoms with Crippen molar-refractivity contribution >= 4 is 0 Å². The maximum absolute atomic E-state index is 5.23. The first-order valence-corrected chi connectivity index (χ1v) is 5.71. The zero-order chi connectivity index (χ0) is 10.8. The zero-order valence-electron chi connectivity index (χ0n) is 10.2. The topological polar surface area (TPSA) is 24.5 Å². The third-order valence-corrected chi connectivity index (χ3v) is 2.61. The average molecular weight is 202 g/mol. The molecule has 86 valence electrons. The lowest BCUT2D eigenvalue weighted by molar-refractivity contribution is 0.148. The van der Waals surface area contributed by atoms with Gasteiger partial charge in [0.25, 0.3) is 0 Å². The van der Waals surface area contributed by atoms with E-state index in [-0.39, 0.29) is 0 Å². The summed E-state index contributed by atoms with van der Waals surface area (Å²) < 4.78 is 5.23. The van der Waals surface area contributed by atoms with Crippen LogP contribution in [0, 0.1) is 0 Å². The highest BCUT2D eigenvalue weighted by atomic mass is 16.5. The van der Waals surface area contributed by atoms with Gasteiger partial charge >= 0.3 is 0 Å². The van der Waals surface area contributed by atoms with E-state index in [1.54, 1.807) is 0 Å². The fourth-order valence-corrected chi connectivity index (χ4v) is 1.20. The maximum atomic E-state index is 5.23. The van der Waals surface area contributed by atoms with Crippen LogP contribution >= 0.6 is 0 Å². The molecule has 0 heterocycles. The van der Waals surface area contributed by atoms with E-state index in [1.165, 1.54) is 6.42 Å². The van der Waals surface area contributed by atoms with E-state index in [1.807, 2.05) is 6.92 Å². The van der Waals surface area contributed by atoms with Gasteiger partial charge < -0.3 is 15.0 Å². The second-order valence-electron chi connectivity index (χ2n) is 3.68. The Morgan fingerprint density at radius 1 is 1.29 bits per heavy atom. The largest absolute Gasteiger partial charge is 0.380 e. The van der Waals surface area contributed by atoms with Crippen LogP contribution in [-0.2, 0) is 4.74 Å². The summed E-state index contributed by atoms with van der Waals surface area (Å²) in [6.07, 6.45) is 1.22. The Morgan fingerprint density at radius 3 is 2.57 bits per heavy atom. The van der Waals surface area contributed by atoms with Crippen molar-refractivity contribution in [2.24, 2.45) is 0 Å². The van der Waals surface area contributed by atoms with E-state index in [0.717, 1.165) is 32.8 Å². The van der Waals surface area contributed by atoms with E-state index < -0.39 is 0 Å². The van der Waals surface area contributed by atoms with Crippen molar-refractivity contribution in [3.63, 3.8) is 0 Å². The third kappa shape index (κ3) is 7.30. The summed E-state index contributed by atoms with van der Waals surface area (Å²) >= 11 is 0. The highest BCUT2D eigenvalue weighted by Gasteiger charge is 2.04.